The van der Waals surface area contributed by atoms with Gasteiger partial charge in [0, 0.05) is 0 Å². The third-order valence-electron chi connectivity index (χ3n) is 2.70. The lowest BCUT2D eigenvalue weighted by atomic mass is 10.2. The molecule has 0 spiro atoms. The highest BCUT2D eigenvalue weighted by molar-refractivity contribution is 8.26. The van der Waals surface area contributed by atoms with Crippen LogP contribution >= 0.6 is 24.0 Å². The minimum absolute atomic E-state index is 0.199. The van der Waals surface area contributed by atoms with Crippen molar-refractivity contribution in [2.45, 2.75) is 0 Å². The molecule has 1 aliphatic rings. The van der Waals surface area contributed by atoms with Gasteiger partial charge in [0.1, 0.15) is 16.6 Å². The van der Waals surface area contributed by atoms with Gasteiger partial charge in [-0.1, -0.05) is 36.1 Å². The first-order chi connectivity index (χ1) is 10.9. The Labute approximate surface area is 141 Å². The summed E-state index contributed by atoms with van der Waals surface area (Å²) < 4.78 is 5.38. The fraction of sp³-hybridized carbons (Fsp3) is 0.143. The van der Waals surface area contributed by atoms with E-state index in [1.165, 1.54) is 0 Å². The highest BCUT2D eigenvalue weighted by Gasteiger charge is 2.33. The van der Waals surface area contributed by atoms with Crippen LogP contribution < -0.4 is 10.5 Å². The van der Waals surface area contributed by atoms with Gasteiger partial charge in [0.15, 0.2) is 6.61 Å². The topological polar surface area (TPSA) is 110 Å². The lowest BCUT2D eigenvalue weighted by Gasteiger charge is -2.10. The predicted octanol–water partition coefficient (Wildman–Crippen LogP) is 0.836. The van der Waals surface area contributed by atoms with Crippen LogP contribution in [0.3, 0.4) is 0 Å². The molecule has 7 nitrogen and oxygen atoms in total. The highest BCUT2D eigenvalue weighted by Crippen LogP contribution is 2.32. The van der Waals surface area contributed by atoms with Gasteiger partial charge in [-0.3, -0.25) is 19.3 Å². The van der Waals surface area contributed by atoms with Crippen LogP contribution in [0.5, 0.6) is 5.75 Å². The smallest absolute Gasteiger partial charge is 0.323 e. The summed E-state index contributed by atoms with van der Waals surface area (Å²) >= 11 is 6.05. The Morgan fingerprint density at radius 2 is 2.17 bits per heavy atom. The summed E-state index contributed by atoms with van der Waals surface area (Å²) in [6.45, 7) is -0.714. The van der Waals surface area contributed by atoms with Crippen molar-refractivity contribution in [1.29, 1.82) is 0 Å². The Hall–Kier alpha value is -2.39. The molecule has 0 aliphatic carbocycles. The molecule has 1 aromatic rings. The molecule has 0 radical (unpaired) electrons. The summed E-state index contributed by atoms with van der Waals surface area (Å²) in [5.41, 5.74) is 5.66. The molecule has 1 heterocycles. The van der Waals surface area contributed by atoms with Crippen molar-refractivity contribution in [2.75, 3.05) is 13.2 Å². The standard InChI is InChI=1S/C14H12N2O5S2/c15-11(17)7-21-9-3-1-2-8(4-9)5-10-13(20)16(6-12(18)19)14(22)23-10/h1-5H,6-7H2,(H2,15,17)(H,18,19)/b10-5-. The van der Waals surface area contributed by atoms with E-state index < -0.39 is 24.3 Å². The number of hydrogen-bond donors (Lipinski definition) is 2. The average molecular weight is 352 g/mol. The third-order valence-corrected chi connectivity index (χ3v) is 4.08. The first-order valence-electron chi connectivity index (χ1n) is 6.35. The molecule has 2 amide bonds. The van der Waals surface area contributed by atoms with Crippen molar-refractivity contribution < 1.29 is 24.2 Å². The molecule has 0 saturated carbocycles. The molecule has 23 heavy (non-hydrogen) atoms. The van der Waals surface area contributed by atoms with Crippen LogP contribution in [0.2, 0.25) is 0 Å². The van der Waals surface area contributed by atoms with Crippen LogP contribution in [-0.2, 0) is 14.4 Å². The number of nitrogens with zero attached hydrogens (tertiary/aromatic N) is 1. The summed E-state index contributed by atoms with van der Waals surface area (Å²) in [6, 6.07) is 6.71. The van der Waals surface area contributed by atoms with Crippen LogP contribution in [0.25, 0.3) is 6.08 Å². The number of carbonyl (C=O) groups is 3. The second-order valence-corrected chi connectivity index (χ2v) is 6.16. The Balaban J connectivity index is 2.17. The number of thioether (sulfide) groups is 1. The van der Waals surface area contributed by atoms with E-state index >= 15 is 0 Å². The number of nitrogens with two attached hydrogens (primary N) is 1. The van der Waals surface area contributed by atoms with Gasteiger partial charge >= 0.3 is 5.97 Å². The van der Waals surface area contributed by atoms with Gasteiger partial charge in [0.2, 0.25) is 0 Å². The molecule has 0 unspecified atom stereocenters. The lowest BCUT2D eigenvalue weighted by molar-refractivity contribution is -0.140. The van der Waals surface area contributed by atoms with Gasteiger partial charge < -0.3 is 15.6 Å². The Morgan fingerprint density at radius 3 is 2.83 bits per heavy atom. The molecule has 2 rings (SSSR count). The minimum Gasteiger partial charge on any atom is -0.484 e. The summed E-state index contributed by atoms with van der Waals surface area (Å²) in [5, 5.41) is 8.79. The fourth-order valence-corrected chi connectivity index (χ4v) is 3.03. The molecule has 1 fully saturated rings. The average Bonchev–Trinajstić information content (AvgIpc) is 2.73. The lowest BCUT2D eigenvalue weighted by Crippen LogP contribution is -2.33. The van der Waals surface area contributed by atoms with Gasteiger partial charge in [-0.05, 0) is 23.8 Å². The SMILES string of the molecule is NC(=O)COc1cccc(/C=C2\SC(=S)N(CC(=O)O)C2=O)c1. The Kier molecular flexibility index (Phi) is 5.35. The fourth-order valence-electron chi connectivity index (χ4n) is 1.77. The normalized spacial score (nSPS) is 16.0. The van der Waals surface area contributed by atoms with Crippen LogP contribution in [0.1, 0.15) is 5.56 Å². The summed E-state index contributed by atoms with van der Waals surface area (Å²) in [5.74, 6) is -1.75. The van der Waals surface area contributed by atoms with Gasteiger partial charge in [-0.25, -0.2) is 0 Å². The van der Waals surface area contributed by atoms with Crippen molar-refractivity contribution in [2.24, 2.45) is 5.73 Å². The monoisotopic (exact) mass is 352 g/mol. The number of carbonyl (C=O) groups excluding carboxylic acids is 2. The minimum atomic E-state index is -1.13. The zero-order valence-electron chi connectivity index (χ0n) is 11.7. The van der Waals surface area contributed by atoms with Crippen molar-refractivity contribution in [3.63, 3.8) is 0 Å². The third kappa shape index (κ3) is 4.54. The van der Waals surface area contributed by atoms with E-state index in [0.717, 1.165) is 16.7 Å². The molecule has 1 aromatic carbocycles. The molecule has 120 valence electrons. The van der Waals surface area contributed by atoms with E-state index in [-0.39, 0.29) is 10.9 Å². The predicted molar refractivity (Wildman–Crippen MR) is 88.6 cm³/mol. The number of aliphatic carboxylic acids is 1. The number of benzene rings is 1. The maximum Gasteiger partial charge on any atom is 0.323 e. The van der Waals surface area contributed by atoms with Crippen LogP contribution in [0.15, 0.2) is 29.2 Å². The number of thiocarbonyl (C=S) groups is 1. The Morgan fingerprint density at radius 1 is 1.43 bits per heavy atom. The van der Waals surface area contributed by atoms with Crippen molar-refractivity contribution >= 4 is 52.2 Å². The number of hydrogen-bond acceptors (Lipinski definition) is 6. The number of amides is 2. The molecule has 0 bridgehead atoms. The molecule has 3 N–H and O–H groups in total. The number of primary amides is 1. The molecule has 1 saturated heterocycles. The van der Waals surface area contributed by atoms with E-state index in [1.807, 2.05) is 0 Å². The van der Waals surface area contributed by atoms with Crippen molar-refractivity contribution in [3.8, 4) is 5.75 Å². The number of carboxylic acid groups (broad SMARTS) is 1. The largest absolute Gasteiger partial charge is 0.484 e. The molecular weight excluding hydrogens is 340 g/mol. The van der Waals surface area contributed by atoms with Crippen LogP contribution in [0, 0.1) is 0 Å². The highest BCUT2D eigenvalue weighted by atomic mass is 32.2. The quantitative estimate of drug-likeness (QED) is 0.576. The van der Waals surface area contributed by atoms with E-state index in [9.17, 15) is 14.4 Å². The molecule has 0 atom stereocenters. The second-order valence-electron chi connectivity index (χ2n) is 4.49. The molecule has 9 heteroatoms. The maximum absolute atomic E-state index is 12.1. The Bertz CT molecular complexity index is 717. The summed E-state index contributed by atoms with van der Waals surface area (Å²) in [7, 11) is 0. The second kappa shape index (κ2) is 7.25. The van der Waals surface area contributed by atoms with Gasteiger partial charge in [-0.2, -0.15) is 0 Å². The molecule has 0 aromatic heterocycles. The summed E-state index contributed by atoms with van der Waals surface area (Å²) in [4.78, 5) is 35.0. The first-order valence-corrected chi connectivity index (χ1v) is 7.57. The zero-order valence-corrected chi connectivity index (χ0v) is 13.4. The molecule has 1 aliphatic heterocycles. The van der Waals surface area contributed by atoms with Gasteiger partial charge in [0.05, 0.1) is 4.91 Å². The number of rotatable bonds is 6. The van der Waals surface area contributed by atoms with E-state index in [4.69, 9.17) is 27.8 Å². The van der Waals surface area contributed by atoms with Crippen LogP contribution in [-0.4, -0.2) is 45.3 Å². The van der Waals surface area contributed by atoms with Gasteiger partial charge in [0.25, 0.3) is 11.8 Å². The number of ether oxygens (including phenoxy) is 1. The van der Waals surface area contributed by atoms with Crippen molar-refractivity contribution in [1.82, 2.24) is 4.90 Å². The maximum atomic E-state index is 12.1. The van der Waals surface area contributed by atoms with E-state index in [1.54, 1.807) is 30.3 Å². The first kappa shape index (κ1) is 17.0. The summed E-state index contributed by atoms with van der Waals surface area (Å²) in [6.07, 6.45) is 1.58. The van der Waals surface area contributed by atoms with Crippen molar-refractivity contribution in [3.05, 3.63) is 34.7 Å². The number of carboxylic acids is 1. The van der Waals surface area contributed by atoms with Crippen LogP contribution in [0.4, 0.5) is 0 Å². The van der Waals surface area contributed by atoms with E-state index in [0.29, 0.717) is 16.2 Å². The zero-order chi connectivity index (χ0) is 17.0. The van der Waals surface area contributed by atoms with Gasteiger partial charge in [-0.15, -0.1) is 0 Å². The molecular formula is C14H12N2O5S2. The van der Waals surface area contributed by atoms with E-state index in [2.05, 4.69) is 0 Å².